The van der Waals surface area contributed by atoms with E-state index in [9.17, 15) is 0 Å². The van der Waals surface area contributed by atoms with Crippen LogP contribution in [-0.2, 0) is 5.41 Å². The standard InChI is InChI=1S/C31H22BrN/c1-31(2)26-11-7-6-10-22(26)30-23-18-29-24(16-19(23)12-14-27(30)31)25-17-20(32)13-15-28(25)33(29)21-8-4-3-5-9-21/h3-18H,1-2H3. The molecule has 33 heavy (non-hydrogen) atoms. The number of nitrogens with zero attached hydrogens (tertiary/aromatic N) is 1. The first-order valence-corrected chi connectivity index (χ1v) is 12.2. The van der Waals surface area contributed by atoms with E-state index in [0.29, 0.717) is 0 Å². The van der Waals surface area contributed by atoms with Crippen LogP contribution in [-0.4, -0.2) is 4.57 Å². The summed E-state index contributed by atoms with van der Waals surface area (Å²) in [5.74, 6) is 0. The predicted octanol–water partition coefficient (Wildman–Crippen LogP) is 9.01. The van der Waals surface area contributed by atoms with Crippen molar-refractivity contribution in [2.75, 3.05) is 0 Å². The van der Waals surface area contributed by atoms with E-state index in [1.807, 2.05) is 0 Å². The second kappa shape index (κ2) is 6.59. The van der Waals surface area contributed by atoms with E-state index in [4.69, 9.17) is 0 Å². The number of hydrogen-bond acceptors (Lipinski definition) is 0. The lowest BCUT2D eigenvalue weighted by atomic mass is 9.82. The molecule has 7 rings (SSSR count). The molecule has 0 fully saturated rings. The summed E-state index contributed by atoms with van der Waals surface area (Å²) in [5, 5.41) is 5.18. The van der Waals surface area contributed by atoms with Gasteiger partial charge in [-0.3, -0.25) is 0 Å². The average molecular weight is 488 g/mol. The summed E-state index contributed by atoms with van der Waals surface area (Å²) >= 11 is 3.70. The quantitative estimate of drug-likeness (QED) is 0.218. The van der Waals surface area contributed by atoms with Crippen molar-refractivity contribution in [1.29, 1.82) is 0 Å². The van der Waals surface area contributed by atoms with Gasteiger partial charge in [0.1, 0.15) is 0 Å². The van der Waals surface area contributed by atoms with Crippen LogP contribution < -0.4 is 0 Å². The molecule has 0 spiro atoms. The maximum atomic E-state index is 3.70. The molecule has 0 aliphatic heterocycles. The zero-order valence-electron chi connectivity index (χ0n) is 18.6. The minimum Gasteiger partial charge on any atom is -0.309 e. The van der Waals surface area contributed by atoms with Crippen LogP contribution in [0.25, 0.3) is 49.4 Å². The number of rotatable bonds is 1. The highest BCUT2D eigenvalue weighted by Crippen LogP contribution is 2.51. The first-order chi connectivity index (χ1) is 16.0. The molecule has 1 aliphatic rings. The number of benzene rings is 5. The van der Waals surface area contributed by atoms with Crippen LogP contribution in [0.5, 0.6) is 0 Å². The summed E-state index contributed by atoms with van der Waals surface area (Å²) in [6, 6.07) is 35.7. The molecule has 1 heterocycles. The maximum absolute atomic E-state index is 3.70. The Morgan fingerprint density at radius 2 is 1.39 bits per heavy atom. The van der Waals surface area contributed by atoms with E-state index in [2.05, 4.69) is 131 Å². The molecule has 0 radical (unpaired) electrons. The Labute approximate surface area is 201 Å². The van der Waals surface area contributed by atoms with Gasteiger partial charge in [-0.2, -0.15) is 0 Å². The Morgan fingerprint density at radius 1 is 0.636 bits per heavy atom. The zero-order valence-corrected chi connectivity index (χ0v) is 20.1. The third-order valence-corrected chi connectivity index (χ3v) is 7.92. The monoisotopic (exact) mass is 487 g/mol. The van der Waals surface area contributed by atoms with E-state index < -0.39 is 0 Å². The van der Waals surface area contributed by atoms with Crippen molar-refractivity contribution >= 4 is 48.5 Å². The molecule has 5 aromatic carbocycles. The molecule has 0 unspecified atom stereocenters. The van der Waals surface area contributed by atoms with Crippen LogP contribution in [0.15, 0.2) is 102 Å². The Kier molecular flexibility index (Phi) is 3.82. The molecule has 158 valence electrons. The Morgan fingerprint density at radius 3 is 2.24 bits per heavy atom. The van der Waals surface area contributed by atoms with Crippen molar-refractivity contribution in [2.45, 2.75) is 19.3 Å². The Hall–Kier alpha value is -3.36. The third kappa shape index (κ3) is 2.53. The van der Waals surface area contributed by atoms with Crippen molar-refractivity contribution in [3.05, 3.63) is 113 Å². The second-order valence-electron chi connectivity index (χ2n) is 9.58. The molecule has 1 aromatic heterocycles. The van der Waals surface area contributed by atoms with E-state index in [1.54, 1.807) is 0 Å². The maximum Gasteiger partial charge on any atom is 0.0547 e. The summed E-state index contributed by atoms with van der Waals surface area (Å²) in [6.07, 6.45) is 0. The number of hydrogen-bond donors (Lipinski definition) is 0. The van der Waals surface area contributed by atoms with E-state index >= 15 is 0 Å². The molecule has 0 saturated heterocycles. The molecular weight excluding hydrogens is 466 g/mol. The van der Waals surface area contributed by atoms with Crippen molar-refractivity contribution in [2.24, 2.45) is 0 Å². The van der Waals surface area contributed by atoms with Crippen LogP contribution in [0.2, 0.25) is 0 Å². The first kappa shape index (κ1) is 19.1. The van der Waals surface area contributed by atoms with Gasteiger partial charge < -0.3 is 4.57 Å². The van der Waals surface area contributed by atoms with Gasteiger partial charge in [0.25, 0.3) is 0 Å². The highest BCUT2D eigenvalue weighted by Gasteiger charge is 2.36. The number of fused-ring (bicyclic) bond motifs is 8. The van der Waals surface area contributed by atoms with Crippen molar-refractivity contribution in [3.63, 3.8) is 0 Å². The summed E-state index contributed by atoms with van der Waals surface area (Å²) in [4.78, 5) is 0. The molecule has 0 amide bonds. The van der Waals surface area contributed by atoms with Gasteiger partial charge in [0.2, 0.25) is 0 Å². The minimum absolute atomic E-state index is 0.00603. The lowest BCUT2D eigenvalue weighted by Crippen LogP contribution is -2.14. The Bertz CT molecular complexity index is 1740. The molecule has 0 saturated carbocycles. The molecule has 0 N–H and O–H groups in total. The highest BCUT2D eigenvalue weighted by molar-refractivity contribution is 9.10. The number of aromatic nitrogens is 1. The Balaban J connectivity index is 1.68. The van der Waals surface area contributed by atoms with Crippen LogP contribution in [0, 0.1) is 0 Å². The minimum atomic E-state index is 0.00603. The van der Waals surface area contributed by atoms with Gasteiger partial charge in [-0.1, -0.05) is 84.4 Å². The lowest BCUT2D eigenvalue weighted by molar-refractivity contribution is 0.661. The van der Waals surface area contributed by atoms with Crippen molar-refractivity contribution in [3.8, 4) is 16.8 Å². The summed E-state index contributed by atoms with van der Waals surface area (Å²) < 4.78 is 3.51. The molecular formula is C31H22BrN. The van der Waals surface area contributed by atoms with Gasteiger partial charge in [0.15, 0.2) is 0 Å². The summed E-state index contributed by atoms with van der Waals surface area (Å²) in [6.45, 7) is 4.70. The van der Waals surface area contributed by atoms with E-state index in [0.717, 1.165) is 4.47 Å². The molecule has 2 heteroatoms. The van der Waals surface area contributed by atoms with Crippen LogP contribution in [0.1, 0.15) is 25.0 Å². The second-order valence-corrected chi connectivity index (χ2v) is 10.5. The number of halogens is 1. The van der Waals surface area contributed by atoms with Crippen molar-refractivity contribution < 1.29 is 0 Å². The summed E-state index contributed by atoms with van der Waals surface area (Å²) in [7, 11) is 0. The third-order valence-electron chi connectivity index (χ3n) is 7.42. The molecule has 0 bridgehead atoms. The highest BCUT2D eigenvalue weighted by atomic mass is 79.9. The van der Waals surface area contributed by atoms with Crippen LogP contribution in [0.4, 0.5) is 0 Å². The van der Waals surface area contributed by atoms with Gasteiger partial charge in [-0.05, 0) is 75.5 Å². The average Bonchev–Trinajstić information content (AvgIpc) is 3.27. The van der Waals surface area contributed by atoms with E-state index in [-0.39, 0.29) is 5.41 Å². The first-order valence-electron chi connectivity index (χ1n) is 11.4. The summed E-state index contributed by atoms with van der Waals surface area (Å²) in [5.41, 5.74) is 9.26. The molecule has 0 atom stereocenters. The van der Waals surface area contributed by atoms with Gasteiger partial charge in [0, 0.05) is 26.3 Å². The zero-order chi connectivity index (χ0) is 22.3. The molecule has 1 aliphatic carbocycles. The molecule has 6 aromatic rings. The van der Waals surface area contributed by atoms with E-state index in [1.165, 1.54) is 60.5 Å². The van der Waals surface area contributed by atoms with Crippen molar-refractivity contribution in [1.82, 2.24) is 4.57 Å². The fourth-order valence-electron chi connectivity index (χ4n) is 5.87. The van der Waals surface area contributed by atoms with Crippen LogP contribution >= 0.6 is 15.9 Å². The largest absolute Gasteiger partial charge is 0.309 e. The normalized spacial score (nSPS) is 14.2. The van der Waals surface area contributed by atoms with Gasteiger partial charge in [-0.15, -0.1) is 0 Å². The van der Waals surface area contributed by atoms with Gasteiger partial charge >= 0.3 is 0 Å². The lowest BCUT2D eigenvalue weighted by Gasteiger charge is -2.21. The predicted molar refractivity (Wildman–Crippen MR) is 144 cm³/mol. The SMILES string of the molecule is CC1(C)c2ccccc2-c2c1ccc1cc3c4cc(Br)ccc4n(-c4ccccc4)c3cc21. The van der Waals surface area contributed by atoms with Gasteiger partial charge in [-0.25, -0.2) is 0 Å². The van der Waals surface area contributed by atoms with Crippen LogP contribution in [0.3, 0.4) is 0 Å². The fourth-order valence-corrected chi connectivity index (χ4v) is 6.23. The number of para-hydroxylation sites is 1. The molecule has 1 nitrogen and oxygen atoms in total. The fraction of sp³-hybridized carbons (Fsp3) is 0.0968. The topological polar surface area (TPSA) is 4.93 Å². The smallest absolute Gasteiger partial charge is 0.0547 e. The van der Waals surface area contributed by atoms with Gasteiger partial charge in [0.05, 0.1) is 11.0 Å².